The fraction of sp³-hybridized carbons (Fsp3) is 0.400. The van der Waals surface area contributed by atoms with Gasteiger partial charge < -0.3 is 15.4 Å². The second-order valence-electron chi connectivity index (χ2n) is 6.54. The molecule has 1 aliphatic carbocycles. The molecule has 0 saturated carbocycles. The molecule has 0 bridgehead atoms. The molecule has 0 amide bonds. The molecule has 0 radical (unpaired) electrons. The first-order valence-corrected chi connectivity index (χ1v) is 9.58. The first kappa shape index (κ1) is 19.6. The Hall–Kier alpha value is -3.16. The molecular weight excluding hydrogens is 358 g/mol. The van der Waals surface area contributed by atoms with E-state index < -0.39 is 4.92 Å². The van der Waals surface area contributed by atoms with Crippen molar-refractivity contribution in [3.05, 3.63) is 52.4 Å². The van der Waals surface area contributed by atoms with Crippen molar-refractivity contribution in [1.29, 1.82) is 0 Å². The summed E-state index contributed by atoms with van der Waals surface area (Å²) in [5, 5.41) is 17.8. The quantitative estimate of drug-likeness (QED) is 0.363. The average molecular weight is 383 g/mol. The van der Waals surface area contributed by atoms with E-state index in [0.717, 1.165) is 25.0 Å². The van der Waals surface area contributed by atoms with Crippen LogP contribution in [0.2, 0.25) is 0 Å². The monoisotopic (exact) mass is 383 g/mol. The number of nitrogens with zero attached hydrogens (tertiary/aromatic N) is 3. The van der Waals surface area contributed by atoms with E-state index in [1.54, 1.807) is 24.3 Å². The molecule has 1 aliphatic rings. The summed E-state index contributed by atoms with van der Waals surface area (Å²) in [6.45, 7) is 3.10. The second-order valence-corrected chi connectivity index (χ2v) is 6.54. The Kier molecular flexibility index (Phi) is 6.78. The number of anilines is 3. The summed E-state index contributed by atoms with van der Waals surface area (Å²) in [6, 6.07) is 7.19. The van der Waals surface area contributed by atoms with Crippen LogP contribution in [0.5, 0.6) is 5.75 Å². The zero-order valence-electron chi connectivity index (χ0n) is 16.0. The fourth-order valence-electron chi connectivity index (χ4n) is 3.18. The van der Waals surface area contributed by atoms with Gasteiger partial charge in [0.15, 0.2) is 0 Å². The van der Waals surface area contributed by atoms with Crippen molar-refractivity contribution in [2.24, 2.45) is 0 Å². The number of nitro groups is 1. The Balaban J connectivity index is 1.71. The van der Waals surface area contributed by atoms with Crippen LogP contribution in [0.15, 0.2) is 42.2 Å². The van der Waals surface area contributed by atoms with E-state index in [-0.39, 0.29) is 17.3 Å². The number of hydrogen-bond donors (Lipinski definition) is 2. The van der Waals surface area contributed by atoms with Gasteiger partial charge in [-0.3, -0.25) is 10.1 Å². The molecule has 1 aromatic carbocycles. The number of ether oxygens (including phenoxy) is 1. The maximum absolute atomic E-state index is 11.7. The SMILES string of the molecule is CCOc1ccc(Nc2ncnc(NCCC3=CCCCC3)c2[N+](=O)[O-])cc1. The van der Waals surface area contributed by atoms with E-state index >= 15 is 0 Å². The normalized spacial score (nSPS) is 13.5. The summed E-state index contributed by atoms with van der Waals surface area (Å²) in [4.78, 5) is 19.3. The number of hydrogen-bond acceptors (Lipinski definition) is 7. The summed E-state index contributed by atoms with van der Waals surface area (Å²) in [5.41, 5.74) is 1.93. The lowest BCUT2D eigenvalue weighted by atomic mass is 9.97. The number of allylic oxidation sites excluding steroid dienone is 1. The fourth-order valence-corrected chi connectivity index (χ4v) is 3.18. The lowest BCUT2D eigenvalue weighted by molar-refractivity contribution is -0.383. The molecule has 1 heterocycles. The van der Waals surface area contributed by atoms with Crippen LogP contribution >= 0.6 is 0 Å². The molecule has 0 saturated heterocycles. The molecule has 2 N–H and O–H groups in total. The van der Waals surface area contributed by atoms with Crippen LogP contribution in [0, 0.1) is 10.1 Å². The van der Waals surface area contributed by atoms with Gasteiger partial charge in [0.1, 0.15) is 12.1 Å². The molecule has 0 atom stereocenters. The van der Waals surface area contributed by atoms with Crippen molar-refractivity contribution < 1.29 is 9.66 Å². The predicted molar refractivity (Wildman–Crippen MR) is 109 cm³/mol. The summed E-state index contributed by atoms with van der Waals surface area (Å²) >= 11 is 0. The standard InChI is InChI=1S/C20H25N5O3/c1-2-28-17-10-8-16(9-11-17)24-20-18(25(26)27)19(22-14-23-20)21-13-12-15-6-4-3-5-7-15/h6,8-11,14H,2-5,7,12-13H2,1H3,(H2,21,22,23,24). The van der Waals surface area contributed by atoms with Gasteiger partial charge in [0.25, 0.3) is 0 Å². The summed E-state index contributed by atoms with van der Waals surface area (Å²) < 4.78 is 5.41. The van der Waals surface area contributed by atoms with Gasteiger partial charge in [-0.2, -0.15) is 0 Å². The lowest BCUT2D eigenvalue weighted by Gasteiger charge is -2.14. The Morgan fingerprint density at radius 1 is 1.18 bits per heavy atom. The first-order valence-electron chi connectivity index (χ1n) is 9.58. The van der Waals surface area contributed by atoms with Gasteiger partial charge in [-0.15, -0.1) is 0 Å². The van der Waals surface area contributed by atoms with Gasteiger partial charge in [0.05, 0.1) is 11.5 Å². The van der Waals surface area contributed by atoms with Gasteiger partial charge in [-0.05, 0) is 63.3 Å². The van der Waals surface area contributed by atoms with Crippen LogP contribution in [0.25, 0.3) is 0 Å². The lowest BCUT2D eigenvalue weighted by Crippen LogP contribution is -2.10. The van der Waals surface area contributed by atoms with Crippen LogP contribution in [0.4, 0.5) is 23.0 Å². The van der Waals surface area contributed by atoms with E-state index in [1.165, 1.54) is 24.7 Å². The van der Waals surface area contributed by atoms with E-state index in [2.05, 4.69) is 26.7 Å². The van der Waals surface area contributed by atoms with Crippen LogP contribution < -0.4 is 15.4 Å². The molecule has 3 rings (SSSR count). The molecule has 0 unspecified atom stereocenters. The molecular formula is C20H25N5O3. The Morgan fingerprint density at radius 3 is 2.64 bits per heavy atom. The predicted octanol–water partition coefficient (Wildman–Crippen LogP) is 4.83. The van der Waals surface area contributed by atoms with Crippen LogP contribution in [-0.2, 0) is 0 Å². The highest BCUT2D eigenvalue weighted by Gasteiger charge is 2.23. The van der Waals surface area contributed by atoms with Crippen LogP contribution in [-0.4, -0.2) is 28.0 Å². The number of aromatic nitrogens is 2. The van der Waals surface area contributed by atoms with E-state index in [4.69, 9.17) is 4.74 Å². The van der Waals surface area contributed by atoms with Crippen molar-refractivity contribution in [1.82, 2.24) is 9.97 Å². The number of rotatable bonds is 9. The van der Waals surface area contributed by atoms with Crippen LogP contribution in [0.3, 0.4) is 0 Å². The number of benzene rings is 1. The Labute approximate surface area is 164 Å². The minimum Gasteiger partial charge on any atom is -0.494 e. The Morgan fingerprint density at radius 2 is 1.96 bits per heavy atom. The van der Waals surface area contributed by atoms with E-state index in [1.807, 2.05) is 6.92 Å². The first-order chi connectivity index (χ1) is 13.7. The van der Waals surface area contributed by atoms with Gasteiger partial charge in [0.2, 0.25) is 11.6 Å². The maximum Gasteiger partial charge on any atom is 0.353 e. The molecule has 0 aliphatic heterocycles. The zero-order chi connectivity index (χ0) is 19.8. The molecule has 1 aromatic heterocycles. The number of nitrogens with one attached hydrogen (secondary N) is 2. The molecule has 148 valence electrons. The highest BCUT2D eigenvalue weighted by Crippen LogP contribution is 2.31. The zero-order valence-corrected chi connectivity index (χ0v) is 16.0. The van der Waals surface area contributed by atoms with Gasteiger partial charge in [-0.1, -0.05) is 11.6 Å². The van der Waals surface area contributed by atoms with Crippen molar-refractivity contribution in [3.63, 3.8) is 0 Å². The molecule has 0 spiro atoms. The van der Waals surface area contributed by atoms with Crippen molar-refractivity contribution in [2.45, 2.75) is 39.0 Å². The molecule has 0 fully saturated rings. The third-order valence-corrected chi connectivity index (χ3v) is 4.56. The van der Waals surface area contributed by atoms with E-state index in [0.29, 0.717) is 18.8 Å². The average Bonchev–Trinajstić information content (AvgIpc) is 2.70. The minimum absolute atomic E-state index is 0.156. The molecule has 8 nitrogen and oxygen atoms in total. The highest BCUT2D eigenvalue weighted by atomic mass is 16.6. The molecule has 8 heteroatoms. The minimum atomic E-state index is -0.459. The second kappa shape index (κ2) is 9.68. The maximum atomic E-state index is 11.7. The summed E-state index contributed by atoms with van der Waals surface area (Å²) in [7, 11) is 0. The summed E-state index contributed by atoms with van der Waals surface area (Å²) in [6.07, 6.45) is 9.16. The van der Waals surface area contributed by atoms with Gasteiger partial charge in [0, 0.05) is 12.2 Å². The van der Waals surface area contributed by atoms with Crippen molar-refractivity contribution in [2.75, 3.05) is 23.8 Å². The largest absolute Gasteiger partial charge is 0.494 e. The topological polar surface area (TPSA) is 102 Å². The highest BCUT2D eigenvalue weighted by molar-refractivity contribution is 5.73. The smallest absolute Gasteiger partial charge is 0.353 e. The molecule has 28 heavy (non-hydrogen) atoms. The third-order valence-electron chi connectivity index (χ3n) is 4.56. The van der Waals surface area contributed by atoms with Crippen molar-refractivity contribution in [3.8, 4) is 5.75 Å². The summed E-state index contributed by atoms with van der Waals surface area (Å²) in [5.74, 6) is 1.12. The van der Waals surface area contributed by atoms with Gasteiger partial charge >= 0.3 is 5.69 Å². The Bertz CT molecular complexity index is 836. The third kappa shape index (κ3) is 5.18. The van der Waals surface area contributed by atoms with Gasteiger partial charge in [-0.25, -0.2) is 9.97 Å². The van der Waals surface area contributed by atoms with Crippen molar-refractivity contribution >= 4 is 23.0 Å². The van der Waals surface area contributed by atoms with E-state index in [9.17, 15) is 10.1 Å². The van der Waals surface area contributed by atoms with Crippen LogP contribution in [0.1, 0.15) is 39.0 Å². The molecule has 2 aromatic rings.